The Bertz CT molecular complexity index is 584. The van der Waals surface area contributed by atoms with Crippen LogP contribution in [0.15, 0.2) is 35.1 Å². The number of rotatable bonds is 3. The van der Waals surface area contributed by atoms with Gasteiger partial charge in [-0.3, -0.25) is 0 Å². The number of halogens is 1. The van der Waals surface area contributed by atoms with E-state index in [1.165, 1.54) is 6.07 Å². The molecule has 2 rings (SSSR count). The van der Waals surface area contributed by atoms with Crippen LogP contribution >= 0.6 is 15.9 Å². The monoisotopic (exact) mass is 308 g/mol. The van der Waals surface area contributed by atoms with E-state index in [2.05, 4.69) is 25.9 Å². The van der Waals surface area contributed by atoms with Crippen LogP contribution in [-0.4, -0.2) is 21.0 Å². The van der Waals surface area contributed by atoms with Gasteiger partial charge in [0.2, 0.25) is 0 Å². The number of carbonyl (C=O) groups is 1. The number of ether oxygens (including phenoxy) is 1. The summed E-state index contributed by atoms with van der Waals surface area (Å²) in [6.45, 7) is 1.68. The quantitative estimate of drug-likeness (QED) is 0.943. The molecule has 6 heteroatoms. The first-order valence-corrected chi connectivity index (χ1v) is 5.85. The Balaban J connectivity index is 2.32. The van der Waals surface area contributed by atoms with E-state index in [0.717, 1.165) is 4.47 Å². The third-order valence-corrected chi connectivity index (χ3v) is 2.72. The lowest BCUT2D eigenvalue weighted by molar-refractivity contribution is 0.0695. The van der Waals surface area contributed by atoms with Crippen molar-refractivity contribution in [3.05, 3.63) is 46.2 Å². The Hall–Kier alpha value is -1.95. The number of nitrogens with zero attached hydrogens (tertiary/aromatic N) is 2. The van der Waals surface area contributed by atoms with Crippen LogP contribution in [0.3, 0.4) is 0 Å². The van der Waals surface area contributed by atoms with Crippen LogP contribution in [0, 0.1) is 6.92 Å². The molecule has 1 heterocycles. The lowest BCUT2D eigenvalue weighted by Gasteiger charge is -2.08. The van der Waals surface area contributed by atoms with Gasteiger partial charge < -0.3 is 9.84 Å². The summed E-state index contributed by atoms with van der Waals surface area (Å²) >= 11 is 3.22. The van der Waals surface area contributed by atoms with Gasteiger partial charge in [0.15, 0.2) is 0 Å². The molecular weight excluding hydrogens is 300 g/mol. The summed E-state index contributed by atoms with van der Waals surface area (Å²) in [5, 5.41) is 9.00. The van der Waals surface area contributed by atoms with Gasteiger partial charge in [0, 0.05) is 18.0 Å². The molecule has 0 saturated carbocycles. The van der Waals surface area contributed by atoms with Crippen LogP contribution in [-0.2, 0) is 0 Å². The van der Waals surface area contributed by atoms with E-state index in [4.69, 9.17) is 9.84 Å². The molecule has 2 aromatic rings. The number of aromatic carboxylic acids is 1. The fourth-order valence-corrected chi connectivity index (χ4v) is 1.61. The van der Waals surface area contributed by atoms with Gasteiger partial charge in [0.1, 0.15) is 5.75 Å². The largest absolute Gasteiger partial charge is 0.478 e. The van der Waals surface area contributed by atoms with Crippen LogP contribution in [0.25, 0.3) is 0 Å². The molecule has 1 N–H and O–H groups in total. The standard InChI is InChI=1S/C12H9BrN2O3/c1-7-9(11(16)17)3-2-4-10(7)18-12-14-5-8(13)6-15-12/h2-6H,1H3,(H,16,17). The average Bonchev–Trinajstić information content (AvgIpc) is 2.34. The van der Waals surface area contributed by atoms with Crippen LogP contribution in [0.5, 0.6) is 11.8 Å². The smallest absolute Gasteiger partial charge is 0.336 e. The molecule has 92 valence electrons. The third-order valence-electron chi connectivity index (χ3n) is 2.31. The Kier molecular flexibility index (Phi) is 3.57. The van der Waals surface area contributed by atoms with Crippen molar-refractivity contribution in [3.63, 3.8) is 0 Å². The van der Waals surface area contributed by atoms with E-state index in [-0.39, 0.29) is 11.6 Å². The third kappa shape index (κ3) is 2.65. The van der Waals surface area contributed by atoms with E-state index in [1.807, 2.05) is 0 Å². The zero-order chi connectivity index (χ0) is 13.1. The van der Waals surface area contributed by atoms with Gasteiger partial charge in [-0.2, -0.15) is 0 Å². The number of carboxylic acids is 1. The molecule has 0 radical (unpaired) electrons. The average molecular weight is 309 g/mol. The number of aromatic nitrogens is 2. The summed E-state index contributed by atoms with van der Waals surface area (Å²) in [6, 6.07) is 4.98. The second kappa shape index (κ2) is 5.14. The minimum Gasteiger partial charge on any atom is -0.478 e. The van der Waals surface area contributed by atoms with Gasteiger partial charge >= 0.3 is 12.0 Å². The molecule has 0 aliphatic heterocycles. The van der Waals surface area contributed by atoms with Gasteiger partial charge in [0.05, 0.1) is 10.0 Å². The first kappa shape index (κ1) is 12.5. The highest BCUT2D eigenvalue weighted by Gasteiger charge is 2.12. The molecule has 0 fully saturated rings. The molecule has 0 saturated heterocycles. The molecule has 0 bridgehead atoms. The highest BCUT2D eigenvalue weighted by atomic mass is 79.9. The molecule has 0 atom stereocenters. The van der Waals surface area contributed by atoms with Crippen molar-refractivity contribution in [2.24, 2.45) is 0 Å². The summed E-state index contributed by atoms with van der Waals surface area (Å²) in [5.41, 5.74) is 0.737. The zero-order valence-corrected chi connectivity index (χ0v) is 11.0. The maximum Gasteiger partial charge on any atom is 0.336 e. The van der Waals surface area contributed by atoms with Gasteiger partial charge in [0.25, 0.3) is 0 Å². The van der Waals surface area contributed by atoms with E-state index in [9.17, 15) is 4.79 Å². The summed E-state index contributed by atoms with van der Waals surface area (Å²) in [4.78, 5) is 18.9. The Morgan fingerprint density at radius 3 is 2.61 bits per heavy atom. The van der Waals surface area contributed by atoms with E-state index < -0.39 is 5.97 Å². The summed E-state index contributed by atoms with van der Waals surface area (Å²) in [6.07, 6.45) is 3.11. The number of carboxylic acid groups (broad SMARTS) is 1. The van der Waals surface area contributed by atoms with Crippen LogP contribution in [0.1, 0.15) is 15.9 Å². The second-order valence-electron chi connectivity index (χ2n) is 3.52. The molecule has 18 heavy (non-hydrogen) atoms. The van der Waals surface area contributed by atoms with E-state index in [0.29, 0.717) is 11.3 Å². The lowest BCUT2D eigenvalue weighted by Crippen LogP contribution is -2.01. The molecule has 0 unspecified atom stereocenters. The van der Waals surface area contributed by atoms with Gasteiger partial charge in [-0.15, -0.1) is 0 Å². The molecule has 0 spiro atoms. The van der Waals surface area contributed by atoms with Crippen LogP contribution in [0.2, 0.25) is 0 Å². The Morgan fingerprint density at radius 1 is 1.33 bits per heavy atom. The highest BCUT2D eigenvalue weighted by Crippen LogP contribution is 2.25. The molecule has 0 aliphatic carbocycles. The first-order chi connectivity index (χ1) is 8.58. The minimum absolute atomic E-state index is 0.170. The van der Waals surface area contributed by atoms with Gasteiger partial charge in [-0.25, -0.2) is 14.8 Å². The summed E-state index contributed by atoms with van der Waals surface area (Å²) in [5.74, 6) is -0.563. The number of hydrogen-bond acceptors (Lipinski definition) is 4. The summed E-state index contributed by atoms with van der Waals surface area (Å²) in [7, 11) is 0. The predicted molar refractivity (Wildman–Crippen MR) is 67.9 cm³/mol. The normalized spacial score (nSPS) is 10.1. The Labute approximate surface area is 112 Å². The van der Waals surface area contributed by atoms with Crippen molar-refractivity contribution in [2.45, 2.75) is 6.92 Å². The lowest BCUT2D eigenvalue weighted by atomic mass is 10.1. The minimum atomic E-state index is -0.991. The fraction of sp³-hybridized carbons (Fsp3) is 0.0833. The highest BCUT2D eigenvalue weighted by molar-refractivity contribution is 9.10. The van der Waals surface area contributed by atoms with Crippen LogP contribution < -0.4 is 4.74 Å². The number of benzene rings is 1. The zero-order valence-electron chi connectivity index (χ0n) is 9.42. The Morgan fingerprint density at radius 2 is 2.00 bits per heavy atom. The van der Waals surface area contributed by atoms with Gasteiger partial charge in [-0.05, 0) is 35.0 Å². The molecule has 0 amide bonds. The van der Waals surface area contributed by atoms with E-state index >= 15 is 0 Å². The topological polar surface area (TPSA) is 72.3 Å². The molecule has 1 aromatic heterocycles. The van der Waals surface area contributed by atoms with Crippen molar-refractivity contribution in [2.75, 3.05) is 0 Å². The number of hydrogen-bond donors (Lipinski definition) is 1. The molecule has 1 aromatic carbocycles. The molecule has 5 nitrogen and oxygen atoms in total. The summed E-state index contributed by atoms with van der Waals surface area (Å²) < 4.78 is 6.19. The first-order valence-electron chi connectivity index (χ1n) is 5.06. The fourth-order valence-electron chi connectivity index (χ4n) is 1.41. The van der Waals surface area contributed by atoms with Crippen molar-refractivity contribution in [1.29, 1.82) is 0 Å². The van der Waals surface area contributed by atoms with Crippen molar-refractivity contribution >= 4 is 21.9 Å². The van der Waals surface area contributed by atoms with Crippen molar-refractivity contribution in [3.8, 4) is 11.8 Å². The second-order valence-corrected chi connectivity index (χ2v) is 4.44. The van der Waals surface area contributed by atoms with E-state index in [1.54, 1.807) is 31.5 Å². The maximum absolute atomic E-state index is 11.0. The SMILES string of the molecule is Cc1c(Oc2ncc(Br)cn2)cccc1C(=O)O. The molecular formula is C12H9BrN2O3. The van der Waals surface area contributed by atoms with Gasteiger partial charge in [-0.1, -0.05) is 6.07 Å². The van der Waals surface area contributed by atoms with Crippen molar-refractivity contribution in [1.82, 2.24) is 9.97 Å². The predicted octanol–water partition coefficient (Wildman–Crippen LogP) is 3.04. The van der Waals surface area contributed by atoms with Crippen LogP contribution in [0.4, 0.5) is 0 Å². The molecule has 0 aliphatic rings. The van der Waals surface area contributed by atoms with Crippen molar-refractivity contribution < 1.29 is 14.6 Å². The maximum atomic E-state index is 11.0.